The summed E-state index contributed by atoms with van der Waals surface area (Å²) in [4.78, 5) is 12.3. The lowest BCUT2D eigenvalue weighted by Crippen LogP contribution is -2.24. The molecule has 0 saturated heterocycles. The molecule has 0 spiro atoms. The van der Waals surface area contributed by atoms with Crippen LogP contribution >= 0.6 is 0 Å². The highest BCUT2D eigenvalue weighted by molar-refractivity contribution is 7.90. The van der Waals surface area contributed by atoms with E-state index in [1.807, 2.05) is 31.2 Å². The fourth-order valence-electron chi connectivity index (χ4n) is 2.24. The third kappa shape index (κ3) is 5.46. The molecule has 5 nitrogen and oxygen atoms in total. The maximum atomic E-state index is 12.0. The zero-order valence-corrected chi connectivity index (χ0v) is 15.2. The summed E-state index contributed by atoms with van der Waals surface area (Å²) in [6.45, 7) is 1.84. The topological polar surface area (TPSA) is 72.5 Å². The van der Waals surface area contributed by atoms with Crippen LogP contribution in [0.4, 0.5) is 0 Å². The van der Waals surface area contributed by atoms with Crippen LogP contribution in [-0.2, 0) is 14.6 Å². The van der Waals surface area contributed by atoms with E-state index < -0.39 is 9.84 Å². The van der Waals surface area contributed by atoms with Gasteiger partial charge in [0, 0.05) is 12.3 Å². The summed E-state index contributed by atoms with van der Waals surface area (Å²) in [5.74, 6) is 0.531. The second-order valence-corrected chi connectivity index (χ2v) is 7.69. The Morgan fingerprint density at radius 3 is 2.20 bits per heavy atom. The number of carbonyl (C=O) groups is 1. The zero-order chi connectivity index (χ0) is 18.4. The van der Waals surface area contributed by atoms with Crippen LogP contribution in [0.1, 0.15) is 24.1 Å². The number of hydrogen-bond donors (Lipinski definition) is 1. The molecule has 6 heteroatoms. The predicted molar refractivity (Wildman–Crippen MR) is 98.1 cm³/mol. The largest absolute Gasteiger partial charge is 0.497 e. The summed E-state index contributed by atoms with van der Waals surface area (Å²) in [5, 5.41) is 2.85. The number of rotatable bonds is 6. The van der Waals surface area contributed by atoms with Crippen molar-refractivity contribution < 1.29 is 17.9 Å². The summed E-state index contributed by atoms with van der Waals surface area (Å²) in [6, 6.07) is 13.6. The quantitative estimate of drug-likeness (QED) is 0.805. The van der Waals surface area contributed by atoms with Gasteiger partial charge in [-0.25, -0.2) is 8.42 Å². The molecule has 25 heavy (non-hydrogen) atoms. The van der Waals surface area contributed by atoms with Crippen molar-refractivity contribution >= 4 is 21.8 Å². The fraction of sp³-hybridized carbons (Fsp3) is 0.211. The highest BCUT2D eigenvalue weighted by Crippen LogP contribution is 2.16. The highest BCUT2D eigenvalue weighted by Gasteiger charge is 2.10. The van der Waals surface area contributed by atoms with Crippen LogP contribution in [0.15, 0.2) is 59.5 Å². The molecule has 0 aliphatic carbocycles. The number of hydrogen-bond acceptors (Lipinski definition) is 4. The van der Waals surface area contributed by atoms with Crippen LogP contribution in [0.2, 0.25) is 0 Å². The van der Waals surface area contributed by atoms with Crippen LogP contribution in [0.5, 0.6) is 5.75 Å². The van der Waals surface area contributed by atoms with Gasteiger partial charge >= 0.3 is 0 Å². The summed E-state index contributed by atoms with van der Waals surface area (Å²) in [5.41, 5.74) is 1.72. The Morgan fingerprint density at radius 1 is 1.08 bits per heavy atom. The Bertz CT molecular complexity index is 853. The Hall–Kier alpha value is -2.60. The molecular weight excluding hydrogens is 338 g/mol. The van der Waals surface area contributed by atoms with Crippen LogP contribution in [0.3, 0.4) is 0 Å². The average molecular weight is 359 g/mol. The molecule has 2 aromatic carbocycles. The van der Waals surface area contributed by atoms with E-state index in [2.05, 4.69) is 5.32 Å². The van der Waals surface area contributed by atoms with Gasteiger partial charge in [-0.3, -0.25) is 4.79 Å². The molecule has 0 heterocycles. The maximum absolute atomic E-state index is 12.0. The van der Waals surface area contributed by atoms with Gasteiger partial charge in [0.25, 0.3) is 0 Å². The van der Waals surface area contributed by atoms with Gasteiger partial charge in [-0.2, -0.15) is 0 Å². The first kappa shape index (κ1) is 18.7. The minimum absolute atomic E-state index is 0.226. The summed E-state index contributed by atoms with van der Waals surface area (Å²) >= 11 is 0. The normalized spacial score (nSPS) is 12.8. The first-order valence-corrected chi connectivity index (χ1v) is 9.61. The summed E-state index contributed by atoms with van der Waals surface area (Å²) < 4.78 is 28.0. The molecule has 0 aromatic heterocycles. The van der Waals surface area contributed by atoms with E-state index in [-0.39, 0.29) is 16.8 Å². The fourth-order valence-corrected chi connectivity index (χ4v) is 2.87. The van der Waals surface area contributed by atoms with E-state index in [0.29, 0.717) is 0 Å². The number of methoxy groups -OCH3 is 1. The van der Waals surface area contributed by atoms with Crippen molar-refractivity contribution in [3.63, 3.8) is 0 Å². The second kappa shape index (κ2) is 7.98. The Labute approximate surface area is 148 Å². The number of sulfone groups is 1. The van der Waals surface area contributed by atoms with Crippen LogP contribution < -0.4 is 10.1 Å². The molecule has 1 atom stereocenters. The minimum atomic E-state index is -3.22. The Balaban J connectivity index is 1.98. The number of nitrogens with one attached hydrogen (secondary N) is 1. The average Bonchev–Trinajstić information content (AvgIpc) is 2.59. The predicted octanol–water partition coefficient (Wildman–Crippen LogP) is 2.99. The highest BCUT2D eigenvalue weighted by atomic mass is 32.2. The molecule has 0 bridgehead atoms. The third-order valence-electron chi connectivity index (χ3n) is 3.71. The first-order chi connectivity index (χ1) is 11.8. The SMILES string of the molecule is COc1ccc(/C=C/C(=O)N[C@@H](C)c2ccc(S(C)(=O)=O)cc2)cc1. The van der Waals surface area contributed by atoms with Gasteiger partial charge in [0.2, 0.25) is 5.91 Å². The van der Waals surface area contributed by atoms with Gasteiger partial charge in [-0.15, -0.1) is 0 Å². The zero-order valence-electron chi connectivity index (χ0n) is 14.4. The van der Waals surface area contributed by atoms with E-state index in [9.17, 15) is 13.2 Å². The lowest BCUT2D eigenvalue weighted by Gasteiger charge is -2.13. The standard InChI is InChI=1S/C19H21NO4S/c1-14(16-7-11-18(12-8-16)25(3,22)23)20-19(21)13-6-15-4-9-17(24-2)10-5-15/h4-14H,1-3H3,(H,20,21)/b13-6+/t14-/m0/s1. The van der Waals surface area contributed by atoms with Crippen molar-refractivity contribution in [3.8, 4) is 5.75 Å². The van der Waals surface area contributed by atoms with Crippen molar-refractivity contribution in [2.75, 3.05) is 13.4 Å². The van der Waals surface area contributed by atoms with Gasteiger partial charge in [0.1, 0.15) is 5.75 Å². The molecule has 2 aromatic rings. The molecule has 0 radical (unpaired) electrons. The van der Waals surface area contributed by atoms with Crippen LogP contribution in [-0.4, -0.2) is 27.7 Å². The monoisotopic (exact) mass is 359 g/mol. The molecule has 0 saturated carbocycles. The first-order valence-electron chi connectivity index (χ1n) is 7.72. The van der Waals surface area contributed by atoms with Crippen molar-refractivity contribution in [3.05, 3.63) is 65.7 Å². The van der Waals surface area contributed by atoms with Gasteiger partial charge in [-0.05, 0) is 48.4 Å². The maximum Gasteiger partial charge on any atom is 0.244 e. The number of carbonyl (C=O) groups excluding carboxylic acids is 1. The van der Waals surface area contributed by atoms with Gasteiger partial charge < -0.3 is 10.1 Å². The number of amides is 1. The molecule has 0 fully saturated rings. The smallest absolute Gasteiger partial charge is 0.244 e. The minimum Gasteiger partial charge on any atom is -0.497 e. The summed E-state index contributed by atoms with van der Waals surface area (Å²) in [6.07, 6.45) is 4.34. The van der Waals surface area contributed by atoms with Crippen molar-refractivity contribution in [2.24, 2.45) is 0 Å². The van der Waals surface area contributed by atoms with Gasteiger partial charge in [0.05, 0.1) is 18.0 Å². The lowest BCUT2D eigenvalue weighted by molar-refractivity contribution is -0.117. The molecule has 1 amide bonds. The lowest BCUT2D eigenvalue weighted by atomic mass is 10.1. The van der Waals surface area contributed by atoms with Crippen LogP contribution in [0.25, 0.3) is 6.08 Å². The van der Waals surface area contributed by atoms with Gasteiger partial charge in [-0.1, -0.05) is 24.3 Å². The van der Waals surface area contributed by atoms with Crippen LogP contribution in [0, 0.1) is 0 Å². The molecule has 1 N–H and O–H groups in total. The van der Waals surface area contributed by atoms with E-state index in [4.69, 9.17) is 4.74 Å². The molecular formula is C19H21NO4S. The van der Waals surface area contributed by atoms with Crippen molar-refractivity contribution in [1.29, 1.82) is 0 Å². The molecule has 0 unspecified atom stereocenters. The molecule has 2 rings (SSSR count). The second-order valence-electron chi connectivity index (χ2n) is 5.68. The van der Waals surface area contributed by atoms with Crippen molar-refractivity contribution in [2.45, 2.75) is 17.9 Å². The summed E-state index contributed by atoms with van der Waals surface area (Å²) in [7, 11) is -1.62. The van der Waals surface area contributed by atoms with Gasteiger partial charge in [0.15, 0.2) is 9.84 Å². The van der Waals surface area contributed by atoms with E-state index >= 15 is 0 Å². The van der Waals surface area contributed by atoms with E-state index in [1.165, 1.54) is 6.08 Å². The van der Waals surface area contributed by atoms with E-state index in [0.717, 1.165) is 23.1 Å². The van der Waals surface area contributed by atoms with Crippen molar-refractivity contribution in [1.82, 2.24) is 5.32 Å². The number of benzene rings is 2. The van der Waals surface area contributed by atoms with E-state index in [1.54, 1.807) is 37.5 Å². The molecule has 0 aliphatic rings. The molecule has 132 valence electrons. The third-order valence-corrected chi connectivity index (χ3v) is 4.84. The Morgan fingerprint density at radius 2 is 1.68 bits per heavy atom. The molecule has 0 aliphatic heterocycles. The number of ether oxygens (including phenoxy) is 1. The Kier molecular flexibility index (Phi) is 5.98.